The van der Waals surface area contributed by atoms with Crippen molar-refractivity contribution in [1.82, 2.24) is 15.3 Å². The van der Waals surface area contributed by atoms with Crippen LogP contribution in [0.15, 0.2) is 47.1 Å². The monoisotopic (exact) mass is 575 g/mol. The summed E-state index contributed by atoms with van der Waals surface area (Å²) in [4.78, 5) is 11.3. The number of ether oxygens (including phenoxy) is 2. The lowest BCUT2D eigenvalue weighted by Crippen LogP contribution is -2.43. The van der Waals surface area contributed by atoms with Crippen LogP contribution < -0.4 is 19.7 Å². The van der Waals surface area contributed by atoms with Crippen LogP contribution >= 0.6 is 15.9 Å². The van der Waals surface area contributed by atoms with Crippen LogP contribution in [0, 0.1) is 25.2 Å². The van der Waals surface area contributed by atoms with Crippen molar-refractivity contribution in [2.24, 2.45) is 0 Å². The van der Waals surface area contributed by atoms with E-state index in [1.54, 1.807) is 30.5 Å². The first kappa shape index (κ1) is 26.7. The van der Waals surface area contributed by atoms with Crippen molar-refractivity contribution in [2.75, 3.05) is 18.0 Å². The second-order valence-corrected chi connectivity index (χ2v) is 9.63. The zero-order valence-electron chi connectivity index (χ0n) is 20.3. The lowest BCUT2D eigenvalue weighted by molar-refractivity contribution is -0.274. The molecular weight excluding hydrogens is 551 g/mol. The van der Waals surface area contributed by atoms with Crippen molar-refractivity contribution >= 4 is 21.9 Å². The van der Waals surface area contributed by atoms with Gasteiger partial charge in [0.1, 0.15) is 11.5 Å². The highest BCUT2D eigenvalue weighted by Crippen LogP contribution is 2.34. The number of aromatic nitrogens is 2. The largest absolute Gasteiger partial charge is 0.573 e. The average molecular weight is 576 g/mol. The van der Waals surface area contributed by atoms with Gasteiger partial charge in [-0.15, -0.1) is 13.2 Å². The predicted molar refractivity (Wildman–Crippen MR) is 136 cm³/mol. The fourth-order valence-corrected chi connectivity index (χ4v) is 4.57. The number of piperidine rings is 1. The van der Waals surface area contributed by atoms with E-state index in [-0.39, 0.29) is 11.8 Å². The van der Waals surface area contributed by atoms with Gasteiger partial charge < -0.3 is 19.7 Å². The molecule has 1 aromatic heterocycles. The Morgan fingerprint density at radius 2 is 1.78 bits per heavy atom. The molecular formula is C26H25BrF3N5O2. The van der Waals surface area contributed by atoms with E-state index >= 15 is 0 Å². The zero-order valence-corrected chi connectivity index (χ0v) is 21.9. The van der Waals surface area contributed by atoms with Gasteiger partial charge in [-0.1, -0.05) is 12.1 Å². The SMILES string of the molecule is Cc1cc(C#N)cc(C)c1Oc1nc(N(Cc2ccc(OC(F)(F)F)cc2)C2CCNCC2)ncc1Br. The van der Waals surface area contributed by atoms with E-state index in [0.29, 0.717) is 34.2 Å². The molecule has 3 aromatic rings. The van der Waals surface area contributed by atoms with E-state index in [0.717, 1.165) is 42.6 Å². The van der Waals surface area contributed by atoms with Crippen LogP contribution in [-0.2, 0) is 6.54 Å². The number of nitriles is 1. The summed E-state index contributed by atoms with van der Waals surface area (Å²) in [5.41, 5.74) is 2.95. The molecule has 1 saturated heterocycles. The van der Waals surface area contributed by atoms with Crippen molar-refractivity contribution in [2.45, 2.75) is 45.6 Å². The standard InChI is InChI=1S/C26H25BrF3N5O2/c1-16-11-19(13-31)12-17(2)23(16)36-24-22(27)14-33-25(34-24)35(20-7-9-32-10-8-20)15-18-3-5-21(6-4-18)37-26(28,29)30/h3-6,11-12,14,20,32H,7-10,15H2,1-2H3. The molecule has 4 rings (SSSR count). The molecule has 0 aliphatic carbocycles. The Morgan fingerprint density at radius 3 is 2.38 bits per heavy atom. The number of nitrogens with one attached hydrogen (secondary N) is 1. The highest BCUT2D eigenvalue weighted by Gasteiger charge is 2.31. The van der Waals surface area contributed by atoms with E-state index in [1.807, 2.05) is 13.8 Å². The molecule has 37 heavy (non-hydrogen) atoms. The van der Waals surface area contributed by atoms with Crippen molar-refractivity contribution in [3.63, 3.8) is 0 Å². The van der Waals surface area contributed by atoms with Gasteiger partial charge in [0.15, 0.2) is 0 Å². The molecule has 1 aliphatic heterocycles. The molecule has 1 fully saturated rings. The number of nitrogens with zero attached hydrogens (tertiary/aromatic N) is 4. The highest BCUT2D eigenvalue weighted by molar-refractivity contribution is 9.10. The van der Waals surface area contributed by atoms with Crippen LogP contribution in [0.3, 0.4) is 0 Å². The third kappa shape index (κ3) is 6.90. The maximum atomic E-state index is 12.5. The Balaban J connectivity index is 1.63. The molecule has 2 aromatic carbocycles. The number of halogens is 4. The quantitative estimate of drug-likeness (QED) is 0.360. The van der Waals surface area contributed by atoms with Gasteiger partial charge in [0.25, 0.3) is 0 Å². The van der Waals surface area contributed by atoms with Crippen LogP contribution in [0.25, 0.3) is 0 Å². The van der Waals surface area contributed by atoms with E-state index in [2.05, 4.69) is 41.9 Å². The Kier molecular flexibility index (Phi) is 8.19. The second kappa shape index (κ2) is 11.4. The molecule has 7 nitrogen and oxygen atoms in total. The lowest BCUT2D eigenvalue weighted by Gasteiger charge is -2.35. The fourth-order valence-electron chi connectivity index (χ4n) is 4.30. The van der Waals surface area contributed by atoms with Crippen molar-refractivity contribution < 1.29 is 22.6 Å². The fraction of sp³-hybridized carbons (Fsp3) is 0.346. The number of alkyl halides is 3. The van der Waals surface area contributed by atoms with Gasteiger partial charge in [-0.05, 0) is 96.7 Å². The van der Waals surface area contributed by atoms with Crippen molar-refractivity contribution in [3.05, 3.63) is 69.3 Å². The molecule has 11 heteroatoms. The minimum absolute atomic E-state index is 0.125. The molecule has 1 N–H and O–H groups in total. The Hall–Kier alpha value is -3.36. The third-order valence-electron chi connectivity index (χ3n) is 6.00. The first-order valence-corrected chi connectivity index (χ1v) is 12.5. The number of hydrogen-bond acceptors (Lipinski definition) is 7. The molecule has 0 amide bonds. The molecule has 2 heterocycles. The van der Waals surface area contributed by atoms with Crippen LogP contribution in [0.1, 0.15) is 35.1 Å². The summed E-state index contributed by atoms with van der Waals surface area (Å²) in [6.07, 6.45) is -1.40. The maximum Gasteiger partial charge on any atom is 0.573 e. The minimum Gasteiger partial charge on any atom is -0.437 e. The van der Waals surface area contributed by atoms with Gasteiger partial charge in [-0.3, -0.25) is 0 Å². The molecule has 0 saturated carbocycles. The van der Waals surface area contributed by atoms with E-state index in [9.17, 15) is 18.4 Å². The molecule has 194 valence electrons. The topological polar surface area (TPSA) is 83.3 Å². The van der Waals surface area contributed by atoms with Crippen LogP contribution in [-0.4, -0.2) is 35.5 Å². The smallest absolute Gasteiger partial charge is 0.437 e. The molecule has 0 unspecified atom stereocenters. The lowest BCUT2D eigenvalue weighted by atomic mass is 10.0. The average Bonchev–Trinajstić information content (AvgIpc) is 2.86. The van der Waals surface area contributed by atoms with Crippen LogP contribution in [0.2, 0.25) is 0 Å². The van der Waals surface area contributed by atoms with E-state index in [4.69, 9.17) is 9.72 Å². The Bertz CT molecular complexity index is 1270. The van der Waals surface area contributed by atoms with Gasteiger partial charge in [0.05, 0.1) is 22.3 Å². The van der Waals surface area contributed by atoms with Gasteiger partial charge in [-0.2, -0.15) is 10.2 Å². The molecule has 0 atom stereocenters. The Morgan fingerprint density at radius 1 is 1.14 bits per heavy atom. The van der Waals surface area contributed by atoms with Crippen molar-refractivity contribution in [1.29, 1.82) is 5.26 Å². The van der Waals surface area contributed by atoms with Gasteiger partial charge in [-0.25, -0.2) is 4.98 Å². The Labute approximate surface area is 221 Å². The number of anilines is 1. The zero-order chi connectivity index (χ0) is 26.6. The summed E-state index contributed by atoms with van der Waals surface area (Å²) in [5.74, 6) is 1.12. The van der Waals surface area contributed by atoms with Gasteiger partial charge >= 0.3 is 6.36 Å². The summed E-state index contributed by atoms with van der Waals surface area (Å²) in [6, 6.07) is 11.6. The van der Waals surface area contributed by atoms with Crippen molar-refractivity contribution in [3.8, 4) is 23.4 Å². The third-order valence-corrected chi connectivity index (χ3v) is 6.55. The number of hydrogen-bond donors (Lipinski definition) is 1. The van der Waals surface area contributed by atoms with Gasteiger partial charge in [0.2, 0.25) is 11.8 Å². The molecule has 1 aliphatic rings. The maximum absolute atomic E-state index is 12.5. The van der Waals surface area contributed by atoms with Crippen LogP contribution in [0.5, 0.6) is 17.4 Å². The minimum atomic E-state index is -4.74. The molecule has 0 spiro atoms. The summed E-state index contributed by atoms with van der Waals surface area (Å²) in [7, 11) is 0. The van der Waals surface area contributed by atoms with E-state index < -0.39 is 6.36 Å². The number of rotatable bonds is 7. The van der Waals surface area contributed by atoms with E-state index in [1.165, 1.54) is 12.1 Å². The summed E-state index contributed by atoms with van der Waals surface area (Å²) in [5, 5.41) is 12.6. The summed E-state index contributed by atoms with van der Waals surface area (Å²) >= 11 is 3.47. The van der Waals surface area contributed by atoms with Gasteiger partial charge in [0, 0.05) is 12.6 Å². The normalized spacial score (nSPS) is 14.2. The number of benzene rings is 2. The molecule has 0 bridgehead atoms. The summed E-state index contributed by atoms with van der Waals surface area (Å²) < 4.78 is 48.4. The highest BCUT2D eigenvalue weighted by atomic mass is 79.9. The first-order valence-electron chi connectivity index (χ1n) is 11.7. The second-order valence-electron chi connectivity index (χ2n) is 8.78. The number of aryl methyl sites for hydroxylation is 2. The molecule has 0 radical (unpaired) electrons. The first-order chi connectivity index (χ1) is 17.6. The van der Waals surface area contributed by atoms with Crippen LogP contribution in [0.4, 0.5) is 19.1 Å². The predicted octanol–water partition coefficient (Wildman–Crippen LogP) is 6.18. The summed E-state index contributed by atoms with van der Waals surface area (Å²) in [6.45, 7) is 5.80.